The molecular formula is C37H48F6N2O5. The summed E-state index contributed by atoms with van der Waals surface area (Å²) in [5, 5.41) is 12.9. The van der Waals surface area contributed by atoms with Crippen molar-refractivity contribution < 1.29 is 50.5 Å². The number of alkyl halides is 6. The molecule has 3 rings (SSSR count). The van der Waals surface area contributed by atoms with Crippen molar-refractivity contribution in [2.75, 3.05) is 13.2 Å². The number of nitrogens with one attached hydrogen (secondary N) is 1. The van der Waals surface area contributed by atoms with Crippen LogP contribution in [-0.4, -0.2) is 53.6 Å². The molecule has 13 heteroatoms. The number of aliphatic hydroxyl groups is 1. The number of amides is 3. The Hall–Kier alpha value is -3.74. The van der Waals surface area contributed by atoms with Crippen molar-refractivity contribution in [3.8, 4) is 11.5 Å². The molecule has 0 radical (unpaired) electrons. The Morgan fingerprint density at radius 2 is 1.58 bits per heavy atom. The van der Waals surface area contributed by atoms with E-state index in [0.29, 0.717) is 49.1 Å². The van der Waals surface area contributed by atoms with Crippen molar-refractivity contribution in [2.24, 2.45) is 0 Å². The van der Waals surface area contributed by atoms with Gasteiger partial charge in [0, 0.05) is 17.7 Å². The molecule has 1 aliphatic heterocycles. The highest BCUT2D eigenvalue weighted by molar-refractivity contribution is 6.07. The molecule has 0 aliphatic carbocycles. The number of halogens is 6. The lowest BCUT2D eigenvalue weighted by Gasteiger charge is -2.33. The summed E-state index contributed by atoms with van der Waals surface area (Å²) >= 11 is 0. The quantitative estimate of drug-likeness (QED) is 0.0913. The molecular weight excluding hydrogens is 666 g/mol. The van der Waals surface area contributed by atoms with Crippen LogP contribution in [0, 0.1) is 0 Å². The molecule has 3 amide bonds. The third-order valence-electron chi connectivity index (χ3n) is 8.57. The molecule has 2 aromatic rings. The number of benzene rings is 2. The monoisotopic (exact) mass is 714 g/mol. The Bertz CT molecular complexity index is 1460. The maximum Gasteiger partial charge on any atom is 0.430 e. The zero-order chi connectivity index (χ0) is 37.3. The van der Waals surface area contributed by atoms with Crippen LogP contribution in [0.15, 0.2) is 42.5 Å². The number of ether oxygens (including phenoxy) is 2. The third-order valence-corrected chi connectivity index (χ3v) is 8.57. The third kappa shape index (κ3) is 9.32. The van der Waals surface area contributed by atoms with E-state index in [9.17, 15) is 41.0 Å². The summed E-state index contributed by atoms with van der Waals surface area (Å²) in [5.41, 5.74) is -7.03. The molecule has 1 aliphatic rings. The Morgan fingerprint density at radius 3 is 2.16 bits per heavy atom. The predicted molar refractivity (Wildman–Crippen MR) is 179 cm³/mol. The van der Waals surface area contributed by atoms with Gasteiger partial charge < -0.3 is 19.9 Å². The van der Waals surface area contributed by atoms with E-state index in [4.69, 9.17) is 9.47 Å². The molecule has 2 aromatic carbocycles. The molecule has 1 heterocycles. The van der Waals surface area contributed by atoms with E-state index in [-0.39, 0.29) is 42.6 Å². The molecule has 0 bridgehead atoms. The molecule has 1 fully saturated rings. The summed E-state index contributed by atoms with van der Waals surface area (Å²) in [6.45, 7) is 9.23. The van der Waals surface area contributed by atoms with E-state index in [1.165, 1.54) is 6.08 Å². The van der Waals surface area contributed by atoms with E-state index in [1.54, 1.807) is 44.2 Å². The van der Waals surface area contributed by atoms with Crippen LogP contribution < -0.4 is 14.8 Å². The van der Waals surface area contributed by atoms with E-state index in [1.807, 2.05) is 20.8 Å². The summed E-state index contributed by atoms with van der Waals surface area (Å²) in [6, 6.07) is 7.72. The molecule has 0 aromatic heterocycles. The van der Waals surface area contributed by atoms with Crippen LogP contribution in [0.25, 0.3) is 6.08 Å². The topological polar surface area (TPSA) is 88.1 Å². The number of imide groups is 1. The van der Waals surface area contributed by atoms with Crippen molar-refractivity contribution in [2.45, 2.75) is 122 Å². The number of urea groups is 1. The number of carbonyl (C=O) groups is 2. The Kier molecular flexibility index (Phi) is 13.8. The molecule has 2 N–H and O–H groups in total. The molecule has 1 unspecified atom stereocenters. The van der Waals surface area contributed by atoms with Gasteiger partial charge in [-0.3, -0.25) is 9.69 Å². The second-order valence-electron chi connectivity index (χ2n) is 13.0. The number of hydrogen-bond donors (Lipinski definition) is 2. The standard InChI is InChI=1S/C37H48F6N2O5/c1-6-8-9-10-11-12-16-27-24-29(35(48,36(38,39)40)37(41,42)43)23-26(15-7-2)31(27)49-22-14-13-21-45-32(46)34(5,44-33(45)47)28-17-19-30(20-18-28)50-25(3)4/h12,16-20,23-25,48H,6-11,13-15,21-22H2,1-5H3,(H,44,47)/b16-12+. The number of allylic oxidation sites excluding steroid dienone is 1. The van der Waals surface area contributed by atoms with Crippen molar-refractivity contribution >= 4 is 18.0 Å². The van der Waals surface area contributed by atoms with Gasteiger partial charge in [-0.2, -0.15) is 26.3 Å². The number of unbranched alkanes of at least 4 members (excludes halogenated alkanes) is 5. The van der Waals surface area contributed by atoms with Crippen LogP contribution in [0.5, 0.6) is 11.5 Å². The second-order valence-corrected chi connectivity index (χ2v) is 13.0. The van der Waals surface area contributed by atoms with Crippen molar-refractivity contribution in [1.82, 2.24) is 10.2 Å². The maximum absolute atomic E-state index is 13.9. The summed E-state index contributed by atoms with van der Waals surface area (Å²) in [5.74, 6) is 0.314. The van der Waals surface area contributed by atoms with Crippen LogP contribution in [0.4, 0.5) is 31.1 Å². The number of hydrogen-bond acceptors (Lipinski definition) is 5. The Balaban J connectivity index is 1.79. The fourth-order valence-corrected chi connectivity index (χ4v) is 5.85. The Morgan fingerprint density at radius 1 is 0.920 bits per heavy atom. The van der Waals surface area contributed by atoms with Gasteiger partial charge in [0.05, 0.1) is 12.7 Å². The van der Waals surface area contributed by atoms with Crippen LogP contribution in [0.1, 0.15) is 108 Å². The van der Waals surface area contributed by atoms with Crippen molar-refractivity contribution in [3.05, 3.63) is 64.7 Å². The summed E-state index contributed by atoms with van der Waals surface area (Å²) in [7, 11) is 0. The van der Waals surface area contributed by atoms with Crippen LogP contribution in [-0.2, 0) is 22.4 Å². The van der Waals surface area contributed by atoms with E-state index in [2.05, 4.69) is 5.32 Å². The fraction of sp³-hybridized carbons (Fsp3) is 0.568. The molecule has 0 saturated carbocycles. The molecule has 0 spiro atoms. The lowest BCUT2D eigenvalue weighted by atomic mass is 9.87. The van der Waals surface area contributed by atoms with Crippen LogP contribution >= 0.6 is 0 Å². The SMILES string of the molecule is CCCCCC/C=C/c1cc(C(O)(C(F)(F)F)C(F)(F)F)cc(CCC)c1OCCCCN1C(=O)NC(C)(c2ccc(OC(C)C)cc2)C1=O. The van der Waals surface area contributed by atoms with Gasteiger partial charge in [0.15, 0.2) is 0 Å². The first-order chi connectivity index (χ1) is 23.4. The van der Waals surface area contributed by atoms with Gasteiger partial charge in [0.25, 0.3) is 11.5 Å². The van der Waals surface area contributed by atoms with E-state index >= 15 is 0 Å². The molecule has 7 nitrogen and oxygen atoms in total. The van der Waals surface area contributed by atoms with Gasteiger partial charge in [0.1, 0.15) is 17.0 Å². The zero-order valence-corrected chi connectivity index (χ0v) is 29.3. The smallest absolute Gasteiger partial charge is 0.430 e. The lowest BCUT2D eigenvalue weighted by Crippen LogP contribution is -2.54. The summed E-state index contributed by atoms with van der Waals surface area (Å²) in [6.07, 6.45) is -3.61. The minimum absolute atomic E-state index is 0.00837. The minimum atomic E-state index is -6.03. The number of nitrogens with zero attached hydrogens (tertiary/aromatic N) is 1. The molecule has 278 valence electrons. The van der Waals surface area contributed by atoms with Gasteiger partial charge in [-0.25, -0.2) is 4.79 Å². The minimum Gasteiger partial charge on any atom is -0.493 e. The highest BCUT2D eigenvalue weighted by Gasteiger charge is 2.71. The largest absolute Gasteiger partial charge is 0.493 e. The first kappa shape index (κ1) is 40.7. The van der Waals surface area contributed by atoms with Crippen LogP contribution in [0.2, 0.25) is 0 Å². The first-order valence-electron chi connectivity index (χ1n) is 17.1. The lowest BCUT2D eigenvalue weighted by molar-refractivity contribution is -0.376. The van der Waals surface area contributed by atoms with Gasteiger partial charge in [-0.1, -0.05) is 63.8 Å². The average Bonchev–Trinajstić information content (AvgIpc) is 3.25. The maximum atomic E-state index is 13.9. The molecule has 1 atom stereocenters. The predicted octanol–water partition coefficient (Wildman–Crippen LogP) is 9.35. The molecule has 50 heavy (non-hydrogen) atoms. The van der Waals surface area contributed by atoms with Crippen molar-refractivity contribution in [1.29, 1.82) is 0 Å². The number of aryl methyl sites for hydroxylation is 1. The zero-order valence-electron chi connectivity index (χ0n) is 29.3. The molecule has 1 saturated heterocycles. The van der Waals surface area contributed by atoms with E-state index < -0.39 is 41.0 Å². The normalized spacial score (nSPS) is 17.3. The highest BCUT2D eigenvalue weighted by atomic mass is 19.4. The van der Waals surface area contributed by atoms with Gasteiger partial charge in [0.2, 0.25) is 0 Å². The van der Waals surface area contributed by atoms with E-state index in [0.717, 1.165) is 30.6 Å². The number of carbonyl (C=O) groups excluding carboxylic acids is 2. The van der Waals surface area contributed by atoms with Crippen molar-refractivity contribution in [3.63, 3.8) is 0 Å². The van der Waals surface area contributed by atoms with Gasteiger partial charge in [-0.05, 0) is 88.3 Å². The summed E-state index contributed by atoms with van der Waals surface area (Å²) < 4.78 is 94.8. The fourth-order valence-electron chi connectivity index (χ4n) is 5.85. The Labute approximate surface area is 290 Å². The van der Waals surface area contributed by atoms with Crippen LogP contribution in [0.3, 0.4) is 0 Å². The second kappa shape index (κ2) is 17.0. The first-order valence-corrected chi connectivity index (χ1v) is 17.1. The van der Waals surface area contributed by atoms with Gasteiger partial charge in [-0.15, -0.1) is 0 Å². The van der Waals surface area contributed by atoms with Gasteiger partial charge >= 0.3 is 18.4 Å². The average molecular weight is 715 g/mol. The highest BCUT2D eigenvalue weighted by Crippen LogP contribution is 2.51. The summed E-state index contributed by atoms with van der Waals surface area (Å²) in [4.78, 5) is 27.3. The number of rotatable bonds is 18.